The first-order valence-electron chi connectivity index (χ1n) is 22.5. The van der Waals surface area contributed by atoms with Gasteiger partial charge in [0.1, 0.15) is 0 Å². The Balaban J connectivity index is 0.000000176. The van der Waals surface area contributed by atoms with Gasteiger partial charge in [-0.3, -0.25) is 9.59 Å². The Labute approximate surface area is 402 Å². The number of amides is 2. The second-order valence-electron chi connectivity index (χ2n) is 17.8. The predicted molar refractivity (Wildman–Crippen MR) is 253 cm³/mol. The fourth-order valence-corrected chi connectivity index (χ4v) is 8.91. The number of methoxy groups -OCH3 is 1. The molecule has 0 bridgehead atoms. The van der Waals surface area contributed by atoms with Gasteiger partial charge in [-0.25, -0.2) is 9.59 Å². The molecule has 2 aliphatic carbocycles. The molecule has 0 unspecified atom stereocenters. The van der Waals surface area contributed by atoms with E-state index in [-0.39, 0.29) is 17.4 Å². The number of nitrogens with one attached hydrogen (secondary N) is 2. The maximum atomic E-state index is 13.4. The third kappa shape index (κ3) is 10.1. The number of ether oxygens (including phenoxy) is 1. The highest BCUT2D eigenvalue weighted by molar-refractivity contribution is 6.07. The summed E-state index contributed by atoms with van der Waals surface area (Å²) in [5.41, 5.74) is 3.68. The van der Waals surface area contributed by atoms with Crippen LogP contribution in [0.5, 0.6) is 0 Å². The van der Waals surface area contributed by atoms with Crippen molar-refractivity contribution >= 4 is 45.6 Å². The third-order valence-corrected chi connectivity index (χ3v) is 13.1. The number of esters is 1. The van der Waals surface area contributed by atoms with E-state index in [1.165, 1.54) is 43.5 Å². The van der Waals surface area contributed by atoms with Crippen LogP contribution in [0.2, 0.25) is 0 Å². The molecule has 0 saturated heterocycles. The van der Waals surface area contributed by atoms with Crippen molar-refractivity contribution in [2.75, 3.05) is 7.11 Å². The van der Waals surface area contributed by atoms with E-state index in [1.54, 1.807) is 42.5 Å². The molecule has 8 aromatic rings. The number of carbonyl (C=O) groups excluding carboxylic acids is 3. The molecule has 0 radical (unpaired) electrons. The largest absolute Gasteiger partial charge is 0.478 e. The van der Waals surface area contributed by atoms with Gasteiger partial charge in [0.2, 0.25) is 0 Å². The number of hydrogen-bond acceptors (Lipinski definition) is 5. The summed E-state index contributed by atoms with van der Waals surface area (Å²) in [4.78, 5) is 49.7. The number of carboxylic acid groups (broad SMARTS) is 1. The zero-order valence-corrected chi connectivity index (χ0v) is 37.9. The van der Waals surface area contributed by atoms with Gasteiger partial charge >= 0.3 is 24.3 Å². The van der Waals surface area contributed by atoms with Crippen molar-refractivity contribution in [2.24, 2.45) is 0 Å². The van der Waals surface area contributed by atoms with Crippen LogP contribution >= 0.6 is 0 Å². The van der Waals surface area contributed by atoms with Crippen LogP contribution in [0.4, 0.5) is 26.3 Å². The quantitative estimate of drug-likeness (QED) is 0.0825. The lowest BCUT2D eigenvalue weighted by atomic mass is 10.0. The number of halogens is 6. The topological polar surface area (TPSA) is 132 Å². The molecule has 2 heterocycles. The Kier molecular flexibility index (Phi) is 12.6. The highest BCUT2D eigenvalue weighted by Crippen LogP contribution is 2.47. The summed E-state index contributed by atoms with van der Waals surface area (Å²) in [6.07, 6.45) is -2.09. The van der Waals surface area contributed by atoms with E-state index in [0.29, 0.717) is 51.9 Å². The molecular weight excluding hydrogens is 927 g/mol. The zero-order chi connectivity index (χ0) is 50.3. The number of carboxylic acids is 1. The number of rotatable bonds is 12. The summed E-state index contributed by atoms with van der Waals surface area (Å²) in [7, 11) is 1.33. The van der Waals surface area contributed by atoms with Crippen LogP contribution in [0.1, 0.15) is 100 Å². The highest BCUT2D eigenvalue weighted by atomic mass is 19.4. The first kappa shape index (κ1) is 47.9. The molecule has 71 heavy (non-hydrogen) atoms. The van der Waals surface area contributed by atoms with E-state index < -0.39 is 46.5 Å². The molecule has 0 atom stereocenters. The highest BCUT2D eigenvalue weighted by Gasteiger charge is 2.47. The molecule has 6 aromatic carbocycles. The van der Waals surface area contributed by atoms with E-state index in [1.807, 2.05) is 64.0 Å². The molecule has 2 saturated carbocycles. The summed E-state index contributed by atoms with van der Waals surface area (Å²) in [6, 6.07) is 38.2. The maximum absolute atomic E-state index is 13.4. The Bertz CT molecular complexity index is 3300. The molecule has 2 amide bonds. The predicted octanol–water partition coefficient (Wildman–Crippen LogP) is 11.7. The summed E-state index contributed by atoms with van der Waals surface area (Å²) in [6.45, 7) is 0.639. The molecule has 2 aromatic heterocycles. The van der Waals surface area contributed by atoms with Crippen molar-refractivity contribution in [3.05, 3.63) is 214 Å². The molecule has 2 fully saturated rings. The number of hydrogen-bond donors (Lipinski definition) is 3. The van der Waals surface area contributed by atoms with Crippen LogP contribution in [0.15, 0.2) is 158 Å². The molecule has 10 rings (SSSR count). The minimum Gasteiger partial charge on any atom is -0.478 e. The number of fused-ring (bicyclic) bond motifs is 2. The monoisotopic (exact) mass is 970 g/mol. The number of benzene rings is 6. The van der Waals surface area contributed by atoms with Gasteiger partial charge in [-0.05, 0) is 121 Å². The number of aromatic nitrogens is 2. The van der Waals surface area contributed by atoms with Crippen LogP contribution in [-0.4, -0.2) is 45.1 Å². The number of nitrogens with zero attached hydrogens (tertiary/aromatic N) is 2. The molecule has 16 heteroatoms. The number of para-hydroxylation sites is 2. The lowest BCUT2D eigenvalue weighted by Gasteiger charge is -2.19. The second kappa shape index (κ2) is 18.6. The summed E-state index contributed by atoms with van der Waals surface area (Å²) >= 11 is 0. The number of aromatic carboxylic acids is 1. The lowest BCUT2D eigenvalue weighted by molar-refractivity contribution is -0.138. The number of alkyl halides is 6. The van der Waals surface area contributed by atoms with Gasteiger partial charge in [-0.2, -0.15) is 26.3 Å². The minimum absolute atomic E-state index is 0.182. The van der Waals surface area contributed by atoms with Crippen LogP contribution in [0.25, 0.3) is 21.8 Å². The molecule has 10 nitrogen and oxygen atoms in total. The Morgan fingerprint density at radius 3 is 1.25 bits per heavy atom. The van der Waals surface area contributed by atoms with Crippen LogP contribution < -0.4 is 10.6 Å². The Hall–Kier alpha value is -8.14. The molecule has 362 valence electrons. The van der Waals surface area contributed by atoms with Crippen LogP contribution in [0.3, 0.4) is 0 Å². The van der Waals surface area contributed by atoms with E-state index >= 15 is 0 Å². The van der Waals surface area contributed by atoms with Gasteiger partial charge < -0.3 is 29.6 Å². The molecule has 0 spiro atoms. The summed E-state index contributed by atoms with van der Waals surface area (Å²) in [5.74, 6) is -1.92. The van der Waals surface area contributed by atoms with Crippen LogP contribution in [-0.2, 0) is 41.3 Å². The maximum Gasteiger partial charge on any atom is 0.416 e. The normalized spacial score (nSPS) is 14.5. The van der Waals surface area contributed by atoms with E-state index in [0.717, 1.165) is 71.8 Å². The van der Waals surface area contributed by atoms with Gasteiger partial charge in [0.05, 0.1) is 62.6 Å². The third-order valence-electron chi connectivity index (χ3n) is 13.1. The second-order valence-corrected chi connectivity index (χ2v) is 17.8. The summed E-state index contributed by atoms with van der Waals surface area (Å²) in [5, 5.41) is 17.1. The smallest absolute Gasteiger partial charge is 0.416 e. The molecule has 2 aliphatic rings. The van der Waals surface area contributed by atoms with Crippen molar-refractivity contribution in [3.63, 3.8) is 0 Å². The fraction of sp³-hybridized carbons (Fsp3) is 0.200. The first-order valence-corrected chi connectivity index (χ1v) is 22.5. The van der Waals surface area contributed by atoms with Crippen molar-refractivity contribution < 1.29 is 55.4 Å². The fourth-order valence-electron chi connectivity index (χ4n) is 8.91. The van der Waals surface area contributed by atoms with E-state index in [9.17, 15) is 45.5 Å². The zero-order valence-electron chi connectivity index (χ0n) is 37.9. The van der Waals surface area contributed by atoms with Crippen molar-refractivity contribution in [2.45, 2.75) is 62.2 Å². The SMILES string of the molecule is COC(=O)c1ccc(C2(NC(=O)c3cccc4ccn(Cc5ccc(C(F)(F)F)cc5)c34)CC2)cc1.O=C(O)c1ccc(C2(NC(=O)c3cccc4ccn(Cc5ccc(C(F)(F)F)cc5)c34)CC2)cc1. The minimum atomic E-state index is -4.39. The lowest BCUT2D eigenvalue weighted by Crippen LogP contribution is -2.35. The van der Waals surface area contributed by atoms with Gasteiger partial charge in [0.15, 0.2) is 0 Å². The Morgan fingerprint density at radius 2 is 0.915 bits per heavy atom. The molecular formula is C55H44F6N4O6. The van der Waals surface area contributed by atoms with Crippen molar-refractivity contribution in [1.82, 2.24) is 19.8 Å². The van der Waals surface area contributed by atoms with E-state index in [2.05, 4.69) is 10.6 Å². The summed E-state index contributed by atoms with van der Waals surface area (Å²) < 4.78 is 85.9. The average molecular weight is 971 g/mol. The standard InChI is InChI=1S/C28H23F3N2O3.C27H21F3N2O3/c1-36-26(35)20-7-11-21(12-8-20)27(14-15-27)32-25(34)23-4-2-3-19-13-16-33(24(19)23)17-18-5-9-22(10-6-18)28(29,30)31;28-27(29,30)21-8-4-17(5-9-21)16-32-15-12-18-2-1-3-22(23(18)32)24(33)31-26(13-14-26)20-10-6-19(7-11-20)25(34)35/h2-13,16H,14-15,17H2,1H3,(H,32,34);1-12,15H,13-14,16H2,(H,31,33)(H,34,35). The van der Waals surface area contributed by atoms with Gasteiger partial charge in [-0.1, -0.05) is 72.8 Å². The molecule has 0 aliphatic heterocycles. The first-order chi connectivity index (χ1) is 33.9. The van der Waals surface area contributed by atoms with Crippen molar-refractivity contribution in [3.8, 4) is 0 Å². The van der Waals surface area contributed by atoms with Crippen molar-refractivity contribution in [1.29, 1.82) is 0 Å². The van der Waals surface area contributed by atoms with Gasteiger partial charge in [-0.15, -0.1) is 0 Å². The van der Waals surface area contributed by atoms with Crippen LogP contribution in [0, 0.1) is 0 Å². The van der Waals surface area contributed by atoms with Gasteiger partial charge in [0, 0.05) is 36.3 Å². The van der Waals surface area contributed by atoms with E-state index in [4.69, 9.17) is 9.84 Å². The Morgan fingerprint density at radius 1 is 0.535 bits per heavy atom. The number of carbonyl (C=O) groups is 4. The molecule has 3 N–H and O–H groups in total. The van der Waals surface area contributed by atoms with Gasteiger partial charge in [0.25, 0.3) is 11.8 Å². The average Bonchev–Trinajstić information content (AvgIpc) is 4.25.